The lowest BCUT2D eigenvalue weighted by molar-refractivity contribution is 0.223. The van der Waals surface area contributed by atoms with Gasteiger partial charge in [-0.25, -0.2) is 10.6 Å². The molecular formula is C17H16ClN3O3. The summed E-state index contributed by atoms with van der Waals surface area (Å²) in [6.07, 6.45) is 5.52. The highest BCUT2D eigenvalue weighted by Gasteiger charge is 2.13. The van der Waals surface area contributed by atoms with Crippen molar-refractivity contribution in [2.75, 3.05) is 12.4 Å². The summed E-state index contributed by atoms with van der Waals surface area (Å²) in [6.45, 7) is 0.0781. The van der Waals surface area contributed by atoms with E-state index in [-0.39, 0.29) is 17.4 Å². The van der Waals surface area contributed by atoms with E-state index < -0.39 is 6.03 Å². The van der Waals surface area contributed by atoms with Crippen LogP contribution in [0.4, 0.5) is 10.5 Å². The van der Waals surface area contributed by atoms with Crippen LogP contribution < -0.4 is 15.9 Å². The molecule has 24 heavy (non-hydrogen) atoms. The number of nitrogens with zero attached hydrogens (tertiary/aromatic N) is 1. The molecule has 0 spiro atoms. The summed E-state index contributed by atoms with van der Waals surface area (Å²) in [6, 6.07) is 9.03. The van der Waals surface area contributed by atoms with Crippen LogP contribution in [0.5, 0.6) is 11.5 Å². The molecule has 2 aromatic carbocycles. The Hall–Kier alpha value is -2.88. The molecular weight excluding hydrogens is 330 g/mol. The standard InChI is InChI=1S/C17H16ClN3O3/c1-3-11-5-4-6-15(20-17(23)21(2)19)13(11)10-24-16-8-7-12(22)9-14(16)18/h1,4-9,22H,10,19H2,2H3,(H,20,23). The number of benzene rings is 2. The molecule has 2 amide bonds. The van der Waals surface area contributed by atoms with Gasteiger partial charge in [0.2, 0.25) is 0 Å². The number of hydrazine groups is 1. The second-order valence-electron chi connectivity index (χ2n) is 4.92. The summed E-state index contributed by atoms with van der Waals surface area (Å²) in [5, 5.41) is 13.2. The van der Waals surface area contributed by atoms with Crippen LogP contribution in [0.2, 0.25) is 5.02 Å². The number of aromatic hydroxyl groups is 1. The first kappa shape index (κ1) is 17.5. The van der Waals surface area contributed by atoms with E-state index in [0.29, 0.717) is 22.6 Å². The van der Waals surface area contributed by atoms with Gasteiger partial charge in [0, 0.05) is 24.2 Å². The number of phenols is 1. The minimum atomic E-state index is -0.493. The first-order valence-electron chi connectivity index (χ1n) is 6.91. The van der Waals surface area contributed by atoms with Crippen LogP contribution in [0.15, 0.2) is 36.4 Å². The van der Waals surface area contributed by atoms with Crippen molar-refractivity contribution in [3.8, 4) is 23.8 Å². The highest BCUT2D eigenvalue weighted by Crippen LogP contribution is 2.30. The van der Waals surface area contributed by atoms with E-state index >= 15 is 0 Å². The van der Waals surface area contributed by atoms with E-state index in [4.69, 9.17) is 28.6 Å². The number of nitrogens with two attached hydrogens (primary N) is 1. The number of hydrogen-bond acceptors (Lipinski definition) is 4. The number of amides is 2. The molecule has 6 nitrogen and oxygen atoms in total. The average Bonchev–Trinajstić information content (AvgIpc) is 2.54. The van der Waals surface area contributed by atoms with Crippen LogP contribution in [0.25, 0.3) is 0 Å². The van der Waals surface area contributed by atoms with Crippen LogP contribution in [0, 0.1) is 12.3 Å². The van der Waals surface area contributed by atoms with E-state index in [1.54, 1.807) is 24.3 Å². The van der Waals surface area contributed by atoms with Crippen molar-refractivity contribution < 1.29 is 14.6 Å². The largest absolute Gasteiger partial charge is 0.508 e. The van der Waals surface area contributed by atoms with Crippen LogP contribution in [0.1, 0.15) is 11.1 Å². The number of hydrogen-bond donors (Lipinski definition) is 3. The van der Waals surface area contributed by atoms with Gasteiger partial charge in [-0.15, -0.1) is 6.42 Å². The van der Waals surface area contributed by atoms with E-state index in [1.165, 1.54) is 19.2 Å². The smallest absolute Gasteiger partial charge is 0.335 e. The van der Waals surface area contributed by atoms with Crippen LogP contribution in [-0.2, 0) is 6.61 Å². The molecule has 0 radical (unpaired) electrons. The van der Waals surface area contributed by atoms with Gasteiger partial charge in [-0.2, -0.15) is 0 Å². The average molecular weight is 346 g/mol. The summed E-state index contributed by atoms with van der Waals surface area (Å²) < 4.78 is 5.67. The lowest BCUT2D eigenvalue weighted by Crippen LogP contribution is -2.37. The normalized spacial score (nSPS) is 9.92. The Morgan fingerprint density at radius 1 is 1.46 bits per heavy atom. The maximum Gasteiger partial charge on any atom is 0.335 e. The molecule has 0 bridgehead atoms. The quantitative estimate of drug-likeness (QED) is 0.344. The summed E-state index contributed by atoms with van der Waals surface area (Å²) in [7, 11) is 1.42. The summed E-state index contributed by atoms with van der Waals surface area (Å²) >= 11 is 6.02. The molecule has 0 unspecified atom stereocenters. The third kappa shape index (κ3) is 4.10. The number of ether oxygens (including phenoxy) is 1. The van der Waals surface area contributed by atoms with Crippen molar-refractivity contribution in [2.45, 2.75) is 6.61 Å². The number of phenolic OH excluding ortho intramolecular Hbond substituents is 1. The lowest BCUT2D eigenvalue weighted by atomic mass is 10.1. The maximum absolute atomic E-state index is 11.8. The zero-order chi connectivity index (χ0) is 17.7. The van der Waals surface area contributed by atoms with Gasteiger partial charge in [0.05, 0.1) is 10.7 Å². The van der Waals surface area contributed by atoms with Crippen molar-refractivity contribution in [3.63, 3.8) is 0 Å². The third-order valence-electron chi connectivity index (χ3n) is 3.18. The molecule has 0 aliphatic heterocycles. The van der Waals surface area contributed by atoms with Crippen molar-refractivity contribution in [1.82, 2.24) is 5.01 Å². The number of terminal acetylenes is 1. The Kier molecular flexibility index (Phi) is 5.53. The number of halogens is 1. The summed E-state index contributed by atoms with van der Waals surface area (Å²) in [5.74, 6) is 8.38. The zero-order valence-corrected chi connectivity index (χ0v) is 13.7. The number of carbonyl (C=O) groups is 1. The Labute approximate surface area is 144 Å². The predicted octanol–water partition coefficient (Wildman–Crippen LogP) is 2.94. The molecule has 0 aliphatic rings. The predicted molar refractivity (Wildman–Crippen MR) is 92.8 cm³/mol. The number of rotatable bonds is 4. The third-order valence-corrected chi connectivity index (χ3v) is 3.48. The number of nitrogens with one attached hydrogen (secondary N) is 1. The topological polar surface area (TPSA) is 87.8 Å². The molecule has 7 heteroatoms. The molecule has 0 heterocycles. The van der Waals surface area contributed by atoms with Crippen molar-refractivity contribution >= 4 is 23.3 Å². The highest BCUT2D eigenvalue weighted by atomic mass is 35.5. The number of carbonyl (C=O) groups excluding carboxylic acids is 1. The van der Waals surface area contributed by atoms with E-state index in [0.717, 1.165) is 5.01 Å². The van der Waals surface area contributed by atoms with Crippen LogP contribution >= 0.6 is 11.6 Å². The van der Waals surface area contributed by atoms with Crippen molar-refractivity contribution in [3.05, 3.63) is 52.5 Å². The number of anilines is 1. The van der Waals surface area contributed by atoms with Crippen LogP contribution in [-0.4, -0.2) is 23.2 Å². The molecule has 0 atom stereocenters. The Bertz CT molecular complexity index is 800. The van der Waals surface area contributed by atoms with Gasteiger partial charge in [0.25, 0.3) is 0 Å². The van der Waals surface area contributed by atoms with Gasteiger partial charge in [-0.05, 0) is 24.3 Å². The fourth-order valence-corrected chi connectivity index (χ4v) is 2.18. The van der Waals surface area contributed by atoms with Crippen molar-refractivity contribution in [1.29, 1.82) is 0 Å². The Balaban J connectivity index is 2.27. The number of urea groups is 1. The maximum atomic E-state index is 11.8. The minimum absolute atomic E-state index is 0.0373. The van der Waals surface area contributed by atoms with Gasteiger partial charge < -0.3 is 15.2 Å². The van der Waals surface area contributed by atoms with Gasteiger partial charge in [-0.1, -0.05) is 23.6 Å². The van der Waals surface area contributed by atoms with Gasteiger partial charge in [0.15, 0.2) is 0 Å². The van der Waals surface area contributed by atoms with Gasteiger partial charge in [0.1, 0.15) is 18.1 Å². The Morgan fingerprint density at radius 2 is 2.21 bits per heavy atom. The molecule has 0 fully saturated rings. The fraction of sp³-hybridized carbons (Fsp3) is 0.118. The summed E-state index contributed by atoms with van der Waals surface area (Å²) in [4.78, 5) is 11.8. The highest BCUT2D eigenvalue weighted by molar-refractivity contribution is 6.32. The molecule has 2 aromatic rings. The Morgan fingerprint density at radius 3 is 2.83 bits per heavy atom. The fourth-order valence-electron chi connectivity index (χ4n) is 1.95. The van der Waals surface area contributed by atoms with Crippen LogP contribution in [0.3, 0.4) is 0 Å². The van der Waals surface area contributed by atoms with Gasteiger partial charge in [-0.3, -0.25) is 5.01 Å². The molecule has 0 saturated carbocycles. The first-order chi connectivity index (χ1) is 11.4. The molecule has 4 N–H and O–H groups in total. The zero-order valence-electron chi connectivity index (χ0n) is 12.9. The first-order valence-corrected chi connectivity index (χ1v) is 7.29. The SMILES string of the molecule is C#Cc1cccc(NC(=O)N(C)N)c1COc1ccc(O)cc1Cl. The van der Waals surface area contributed by atoms with Gasteiger partial charge >= 0.3 is 6.03 Å². The molecule has 124 valence electrons. The molecule has 0 aromatic heterocycles. The lowest BCUT2D eigenvalue weighted by Gasteiger charge is -2.17. The molecule has 0 aliphatic carbocycles. The van der Waals surface area contributed by atoms with E-state index in [9.17, 15) is 9.90 Å². The monoisotopic (exact) mass is 345 g/mol. The second kappa shape index (κ2) is 7.59. The van der Waals surface area contributed by atoms with E-state index in [1.807, 2.05) is 0 Å². The van der Waals surface area contributed by atoms with Crippen molar-refractivity contribution in [2.24, 2.45) is 5.84 Å². The summed E-state index contributed by atoms with van der Waals surface area (Å²) in [5.41, 5.74) is 1.67. The van der Waals surface area contributed by atoms with E-state index in [2.05, 4.69) is 11.2 Å². The molecule has 2 rings (SSSR count). The molecule has 0 saturated heterocycles. The second-order valence-corrected chi connectivity index (χ2v) is 5.33. The minimum Gasteiger partial charge on any atom is -0.508 e.